The molecule has 0 spiro atoms. The van der Waals surface area contributed by atoms with Crippen molar-refractivity contribution in [2.24, 2.45) is 0 Å². The number of alkyl halides is 1. The average Bonchev–Trinajstić information content (AvgIpc) is 2.36. The summed E-state index contributed by atoms with van der Waals surface area (Å²) < 4.78 is 5.15. The minimum atomic E-state index is -0.865. The fourth-order valence-corrected chi connectivity index (χ4v) is 1.68. The SMILES string of the molecule is CC(C)(C)OC(=O)N(C(=O)CO)c1cccc(CBr)n1. The molecule has 2 amide bonds. The highest BCUT2D eigenvalue weighted by Crippen LogP contribution is 2.17. The van der Waals surface area contributed by atoms with Gasteiger partial charge in [-0.05, 0) is 32.9 Å². The number of nitrogens with zero attached hydrogens (tertiary/aromatic N) is 2. The number of hydrogen-bond donors (Lipinski definition) is 1. The molecule has 1 aromatic rings. The molecule has 0 saturated heterocycles. The zero-order chi connectivity index (χ0) is 15.3. The molecule has 0 atom stereocenters. The van der Waals surface area contributed by atoms with Crippen LogP contribution in [-0.2, 0) is 14.9 Å². The summed E-state index contributed by atoms with van der Waals surface area (Å²) in [7, 11) is 0. The van der Waals surface area contributed by atoms with Gasteiger partial charge in [0, 0.05) is 5.33 Å². The summed E-state index contributed by atoms with van der Waals surface area (Å²) in [5, 5.41) is 9.49. The third-order valence-electron chi connectivity index (χ3n) is 2.12. The second-order valence-corrected chi connectivity index (χ2v) is 5.55. The number of anilines is 1. The number of halogens is 1. The van der Waals surface area contributed by atoms with Gasteiger partial charge in [0.1, 0.15) is 18.0 Å². The first kappa shape index (κ1) is 16.6. The Morgan fingerprint density at radius 1 is 1.40 bits per heavy atom. The predicted molar refractivity (Wildman–Crippen MR) is 77.7 cm³/mol. The van der Waals surface area contributed by atoms with Gasteiger partial charge in [-0.15, -0.1) is 0 Å². The van der Waals surface area contributed by atoms with E-state index >= 15 is 0 Å². The Morgan fingerprint density at radius 2 is 2.05 bits per heavy atom. The Kier molecular flexibility index (Phi) is 5.64. The van der Waals surface area contributed by atoms with E-state index in [-0.39, 0.29) is 5.82 Å². The number of aliphatic hydroxyl groups is 1. The normalized spacial score (nSPS) is 11.1. The first-order chi connectivity index (χ1) is 9.28. The van der Waals surface area contributed by atoms with Gasteiger partial charge in [-0.1, -0.05) is 22.0 Å². The fraction of sp³-hybridized carbons (Fsp3) is 0.462. The largest absolute Gasteiger partial charge is 0.443 e. The number of hydrogen-bond acceptors (Lipinski definition) is 5. The Morgan fingerprint density at radius 3 is 2.55 bits per heavy atom. The van der Waals surface area contributed by atoms with Crippen molar-refractivity contribution in [1.82, 2.24) is 4.98 Å². The van der Waals surface area contributed by atoms with Crippen LogP contribution in [0.4, 0.5) is 10.6 Å². The molecule has 1 rings (SSSR count). The van der Waals surface area contributed by atoms with Crippen molar-refractivity contribution < 1.29 is 19.4 Å². The van der Waals surface area contributed by atoms with Crippen LogP contribution in [0.1, 0.15) is 26.5 Å². The summed E-state index contributed by atoms with van der Waals surface area (Å²) in [6, 6.07) is 4.92. The van der Waals surface area contributed by atoms with E-state index in [0.29, 0.717) is 11.0 Å². The van der Waals surface area contributed by atoms with Gasteiger partial charge in [0.15, 0.2) is 0 Å². The van der Waals surface area contributed by atoms with Crippen molar-refractivity contribution >= 4 is 33.7 Å². The molecule has 20 heavy (non-hydrogen) atoms. The Hall–Kier alpha value is -1.47. The van der Waals surface area contributed by atoms with Crippen molar-refractivity contribution in [3.63, 3.8) is 0 Å². The number of carbonyl (C=O) groups excluding carboxylic acids is 2. The standard InChI is InChI=1S/C13H17BrN2O4/c1-13(2,3)20-12(19)16(11(18)8-17)10-6-4-5-9(7-14)15-10/h4-6,17H,7-8H2,1-3H3. The van der Waals surface area contributed by atoms with Crippen LogP contribution in [0.2, 0.25) is 0 Å². The summed E-state index contributed by atoms with van der Waals surface area (Å²) in [6.45, 7) is 4.26. The van der Waals surface area contributed by atoms with Crippen molar-refractivity contribution in [2.75, 3.05) is 11.5 Å². The maximum atomic E-state index is 12.1. The van der Waals surface area contributed by atoms with E-state index < -0.39 is 24.2 Å². The molecule has 7 heteroatoms. The number of amides is 2. The summed E-state index contributed by atoms with van der Waals surface area (Å²) >= 11 is 3.25. The monoisotopic (exact) mass is 344 g/mol. The lowest BCUT2D eigenvalue weighted by molar-refractivity contribution is -0.121. The van der Waals surface area contributed by atoms with Gasteiger partial charge >= 0.3 is 6.09 Å². The highest BCUT2D eigenvalue weighted by molar-refractivity contribution is 9.08. The van der Waals surface area contributed by atoms with Crippen molar-refractivity contribution in [3.05, 3.63) is 23.9 Å². The van der Waals surface area contributed by atoms with Gasteiger partial charge < -0.3 is 9.84 Å². The molecule has 1 aromatic heterocycles. The molecular formula is C13H17BrN2O4. The molecule has 0 aliphatic carbocycles. The van der Waals surface area contributed by atoms with Gasteiger partial charge in [-0.25, -0.2) is 9.78 Å². The van der Waals surface area contributed by atoms with E-state index in [0.717, 1.165) is 4.90 Å². The van der Waals surface area contributed by atoms with Crippen LogP contribution in [0, 0.1) is 0 Å². The zero-order valence-electron chi connectivity index (χ0n) is 11.6. The number of rotatable bonds is 3. The minimum absolute atomic E-state index is 0.121. The molecule has 0 radical (unpaired) electrons. The number of imide groups is 1. The third kappa shape index (κ3) is 4.57. The second-order valence-electron chi connectivity index (χ2n) is 4.99. The van der Waals surface area contributed by atoms with Crippen LogP contribution in [0.15, 0.2) is 18.2 Å². The number of carbonyl (C=O) groups is 2. The smallest absolute Gasteiger partial charge is 0.423 e. The molecule has 0 bridgehead atoms. The summed E-state index contributed by atoms with van der Waals surface area (Å²) in [5.41, 5.74) is -0.0974. The summed E-state index contributed by atoms with van der Waals surface area (Å²) in [6.07, 6.45) is -0.865. The highest BCUT2D eigenvalue weighted by atomic mass is 79.9. The molecule has 1 heterocycles. The van der Waals surface area contributed by atoms with Gasteiger partial charge in [0.2, 0.25) is 0 Å². The van der Waals surface area contributed by atoms with E-state index in [1.807, 2.05) is 0 Å². The van der Waals surface area contributed by atoms with E-state index in [1.165, 1.54) is 6.07 Å². The Balaban J connectivity index is 3.12. The zero-order valence-corrected chi connectivity index (χ0v) is 13.2. The minimum Gasteiger partial charge on any atom is -0.443 e. The van der Waals surface area contributed by atoms with Crippen molar-refractivity contribution in [1.29, 1.82) is 0 Å². The molecule has 0 fully saturated rings. The molecule has 0 unspecified atom stereocenters. The maximum absolute atomic E-state index is 12.1. The molecule has 0 saturated carbocycles. The van der Waals surface area contributed by atoms with Gasteiger partial charge in [0.05, 0.1) is 5.69 Å². The van der Waals surface area contributed by atoms with Gasteiger partial charge in [0.25, 0.3) is 5.91 Å². The summed E-state index contributed by atoms with van der Waals surface area (Å²) in [5.74, 6) is -0.672. The maximum Gasteiger partial charge on any atom is 0.423 e. The number of ether oxygens (including phenoxy) is 1. The van der Waals surface area contributed by atoms with Gasteiger partial charge in [-0.2, -0.15) is 4.90 Å². The lowest BCUT2D eigenvalue weighted by atomic mass is 10.2. The van der Waals surface area contributed by atoms with Crippen LogP contribution in [0.3, 0.4) is 0 Å². The van der Waals surface area contributed by atoms with Crippen LogP contribution in [0.25, 0.3) is 0 Å². The van der Waals surface area contributed by atoms with Crippen LogP contribution >= 0.6 is 15.9 Å². The quantitative estimate of drug-likeness (QED) is 0.850. The fourth-order valence-electron chi connectivity index (χ4n) is 1.37. The Bertz CT molecular complexity index is 499. The predicted octanol–water partition coefficient (Wildman–Crippen LogP) is 2.24. The van der Waals surface area contributed by atoms with Gasteiger partial charge in [-0.3, -0.25) is 4.79 Å². The van der Waals surface area contributed by atoms with E-state index in [9.17, 15) is 9.59 Å². The molecule has 0 aromatic carbocycles. The highest BCUT2D eigenvalue weighted by Gasteiger charge is 2.29. The van der Waals surface area contributed by atoms with Crippen LogP contribution < -0.4 is 4.90 Å². The third-order valence-corrected chi connectivity index (χ3v) is 2.69. The van der Waals surface area contributed by atoms with Crippen molar-refractivity contribution in [2.45, 2.75) is 31.7 Å². The van der Waals surface area contributed by atoms with Crippen molar-refractivity contribution in [3.8, 4) is 0 Å². The molecule has 0 aliphatic heterocycles. The number of aromatic nitrogens is 1. The van der Waals surface area contributed by atoms with E-state index in [2.05, 4.69) is 20.9 Å². The molecule has 110 valence electrons. The molecule has 6 nitrogen and oxygen atoms in total. The average molecular weight is 345 g/mol. The lowest BCUT2D eigenvalue weighted by Gasteiger charge is -2.25. The number of pyridine rings is 1. The Labute approximate surface area is 125 Å². The number of aliphatic hydroxyl groups excluding tert-OH is 1. The second kappa shape index (κ2) is 6.81. The molecule has 0 aliphatic rings. The first-order valence-electron chi connectivity index (χ1n) is 5.97. The molecule has 1 N–H and O–H groups in total. The van der Waals surface area contributed by atoms with E-state index in [4.69, 9.17) is 9.84 Å². The molecular weight excluding hydrogens is 328 g/mol. The topological polar surface area (TPSA) is 79.7 Å². The first-order valence-corrected chi connectivity index (χ1v) is 7.09. The van der Waals surface area contributed by atoms with Crippen LogP contribution in [-0.4, -0.2) is 34.3 Å². The van der Waals surface area contributed by atoms with E-state index in [1.54, 1.807) is 32.9 Å². The lowest BCUT2D eigenvalue weighted by Crippen LogP contribution is -2.42. The van der Waals surface area contributed by atoms with Crippen LogP contribution in [0.5, 0.6) is 0 Å². The summed E-state index contributed by atoms with van der Waals surface area (Å²) in [4.78, 5) is 28.7.